The first-order valence-corrected chi connectivity index (χ1v) is 6.54. The molecule has 2 aromatic rings. The zero-order chi connectivity index (χ0) is 13.8. The standard InChI is InChI=1S/C12H14N4O2S/c1-16-7-14-15-12(16)19-6-8-4-3-5-9(13)10(8)11(17)18-2/h3-5,7H,6,13H2,1-2H3. The number of aryl methyl sites for hydroxylation is 1. The molecule has 0 amide bonds. The molecule has 19 heavy (non-hydrogen) atoms. The van der Waals surface area contributed by atoms with Crippen LogP contribution in [0.1, 0.15) is 15.9 Å². The van der Waals surface area contributed by atoms with Gasteiger partial charge < -0.3 is 15.0 Å². The molecule has 1 aromatic carbocycles. The fraction of sp³-hybridized carbons (Fsp3) is 0.250. The highest BCUT2D eigenvalue weighted by molar-refractivity contribution is 7.98. The van der Waals surface area contributed by atoms with Gasteiger partial charge in [0.25, 0.3) is 0 Å². The molecular weight excluding hydrogens is 264 g/mol. The minimum Gasteiger partial charge on any atom is -0.465 e. The van der Waals surface area contributed by atoms with Gasteiger partial charge >= 0.3 is 5.97 Å². The van der Waals surface area contributed by atoms with Crippen LogP contribution in [0.2, 0.25) is 0 Å². The van der Waals surface area contributed by atoms with Crippen LogP contribution in [0.3, 0.4) is 0 Å². The van der Waals surface area contributed by atoms with Crippen LogP contribution >= 0.6 is 11.8 Å². The van der Waals surface area contributed by atoms with Crippen LogP contribution in [0.25, 0.3) is 0 Å². The molecule has 0 aliphatic carbocycles. The average Bonchev–Trinajstić information content (AvgIpc) is 2.81. The Bertz CT molecular complexity index is 597. The molecule has 6 nitrogen and oxygen atoms in total. The van der Waals surface area contributed by atoms with Crippen LogP contribution in [0, 0.1) is 0 Å². The maximum absolute atomic E-state index is 11.7. The fourth-order valence-corrected chi connectivity index (χ4v) is 2.52. The van der Waals surface area contributed by atoms with Gasteiger partial charge in [-0.1, -0.05) is 23.9 Å². The lowest BCUT2D eigenvalue weighted by atomic mass is 10.1. The summed E-state index contributed by atoms with van der Waals surface area (Å²) in [6.07, 6.45) is 1.63. The summed E-state index contributed by atoms with van der Waals surface area (Å²) in [6.45, 7) is 0. The summed E-state index contributed by atoms with van der Waals surface area (Å²) in [6, 6.07) is 5.35. The number of carbonyl (C=O) groups excluding carboxylic acids is 1. The van der Waals surface area contributed by atoms with Gasteiger partial charge in [-0.25, -0.2) is 4.79 Å². The number of carbonyl (C=O) groups is 1. The minimum absolute atomic E-state index is 0.416. The van der Waals surface area contributed by atoms with E-state index in [-0.39, 0.29) is 0 Å². The van der Waals surface area contributed by atoms with E-state index in [4.69, 9.17) is 10.5 Å². The lowest BCUT2D eigenvalue weighted by molar-refractivity contribution is 0.0601. The fourth-order valence-electron chi connectivity index (χ4n) is 1.64. The number of hydrogen-bond donors (Lipinski definition) is 1. The lowest BCUT2D eigenvalue weighted by Gasteiger charge is -2.09. The van der Waals surface area contributed by atoms with Crippen molar-refractivity contribution in [3.05, 3.63) is 35.7 Å². The van der Waals surface area contributed by atoms with Crippen molar-refractivity contribution in [1.82, 2.24) is 14.8 Å². The van der Waals surface area contributed by atoms with Gasteiger partial charge in [0.2, 0.25) is 0 Å². The normalized spacial score (nSPS) is 10.4. The van der Waals surface area contributed by atoms with Gasteiger partial charge in [-0.2, -0.15) is 0 Å². The zero-order valence-electron chi connectivity index (χ0n) is 10.7. The number of benzene rings is 1. The number of aromatic nitrogens is 3. The van der Waals surface area contributed by atoms with Crippen molar-refractivity contribution in [3.63, 3.8) is 0 Å². The van der Waals surface area contributed by atoms with Crippen LogP contribution in [0.5, 0.6) is 0 Å². The number of hydrogen-bond acceptors (Lipinski definition) is 6. The first-order chi connectivity index (χ1) is 9.13. The van der Waals surface area contributed by atoms with Crippen molar-refractivity contribution >= 4 is 23.4 Å². The van der Waals surface area contributed by atoms with Gasteiger partial charge in [-0.3, -0.25) is 0 Å². The molecule has 100 valence electrons. The number of nitrogens with zero attached hydrogens (tertiary/aromatic N) is 3. The number of ether oxygens (including phenoxy) is 1. The smallest absolute Gasteiger partial charge is 0.340 e. The summed E-state index contributed by atoms with van der Waals surface area (Å²) < 4.78 is 6.57. The van der Waals surface area contributed by atoms with Crippen LogP contribution in [0.15, 0.2) is 29.7 Å². The molecule has 7 heteroatoms. The number of rotatable bonds is 4. The van der Waals surface area contributed by atoms with Crippen LogP contribution < -0.4 is 5.73 Å². The lowest BCUT2D eigenvalue weighted by Crippen LogP contribution is -2.09. The first kappa shape index (κ1) is 13.4. The maximum atomic E-state index is 11.7. The number of esters is 1. The van der Waals surface area contributed by atoms with Crippen molar-refractivity contribution < 1.29 is 9.53 Å². The highest BCUT2D eigenvalue weighted by Gasteiger charge is 2.16. The molecule has 0 saturated heterocycles. The molecule has 0 saturated carbocycles. The quantitative estimate of drug-likeness (QED) is 0.518. The van der Waals surface area contributed by atoms with Crippen molar-refractivity contribution in [1.29, 1.82) is 0 Å². The molecule has 0 aliphatic rings. The van der Waals surface area contributed by atoms with Gasteiger partial charge in [-0.15, -0.1) is 10.2 Å². The van der Waals surface area contributed by atoms with Crippen molar-refractivity contribution in [2.75, 3.05) is 12.8 Å². The third-order valence-electron chi connectivity index (χ3n) is 2.60. The summed E-state index contributed by atoms with van der Waals surface area (Å²) in [5.74, 6) is 0.147. The predicted octanol–water partition coefficient (Wildman–Crippen LogP) is 1.48. The highest BCUT2D eigenvalue weighted by Crippen LogP contribution is 2.25. The van der Waals surface area contributed by atoms with E-state index in [0.717, 1.165) is 10.7 Å². The number of thioether (sulfide) groups is 1. The molecule has 1 aromatic heterocycles. The molecular formula is C12H14N4O2S. The monoisotopic (exact) mass is 278 g/mol. The zero-order valence-corrected chi connectivity index (χ0v) is 11.5. The molecule has 2 rings (SSSR count). The molecule has 1 heterocycles. The summed E-state index contributed by atoms with van der Waals surface area (Å²) in [7, 11) is 3.21. The van der Waals surface area contributed by atoms with Crippen molar-refractivity contribution in [3.8, 4) is 0 Å². The molecule has 0 radical (unpaired) electrons. The molecule has 0 atom stereocenters. The van der Waals surface area contributed by atoms with E-state index in [1.807, 2.05) is 23.7 Å². The molecule has 0 unspecified atom stereocenters. The molecule has 0 aliphatic heterocycles. The minimum atomic E-state index is -0.424. The van der Waals surface area contributed by atoms with Crippen molar-refractivity contribution in [2.24, 2.45) is 7.05 Å². The average molecular weight is 278 g/mol. The second-order valence-electron chi connectivity index (χ2n) is 3.89. The maximum Gasteiger partial charge on any atom is 0.340 e. The van der Waals surface area contributed by atoms with Crippen molar-refractivity contribution in [2.45, 2.75) is 10.9 Å². The Kier molecular flexibility index (Phi) is 4.06. The third-order valence-corrected chi connectivity index (χ3v) is 3.68. The number of anilines is 1. The predicted molar refractivity (Wildman–Crippen MR) is 72.8 cm³/mol. The molecule has 0 spiro atoms. The van der Waals surface area contributed by atoms with E-state index in [0.29, 0.717) is 17.0 Å². The highest BCUT2D eigenvalue weighted by atomic mass is 32.2. The Morgan fingerprint density at radius 1 is 1.53 bits per heavy atom. The Balaban J connectivity index is 2.23. The topological polar surface area (TPSA) is 83.0 Å². The van der Waals surface area contributed by atoms with Gasteiger partial charge in [0.15, 0.2) is 5.16 Å². The number of nitrogen functional groups attached to an aromatic ring is 1. The summed E-state index contributed by atoms with van der Waals surface area (Å²) in [4.78, 5) is 11.7. The Morgan fingerprint density at radius 3 is 2.95 bits per heavy atom. The van der Waals surface area contributed by atoms with Gasteiger partial charge in [0, 0.05) is 18.5 Å². The van der Waals surface area contributed by atoms with Gasteiger partial charge in [-0.05, 0) is 11.6 Å². The van der Waals surface area contributed by atoms with Crippen LogP contribution in [-0.2, 0) is 17.5 Å². The first-order valence-electron chi connectivity index (χ1n) is 5.56. The molecule has 2 N–H and O–H groups in total. The van der Waals surface area contributed by atoms with Gasteiger partial charge in [0.1, 0.15) is 6.33 Å². The molecule has 0 fully saturated rings. The SMILES string of the molecule is COC(=O)c1c(N)cccc1CSc1nncn1C. The largest absolute Gasteiger partial charge is 0.465 e. The number of methoxy groups -OCH3 is 1. The van der Waals surface area contributed by atoms with Crippen LogP contribution in [0.4, 0.5) is 5.69 Å². The summed E-state index contributed by atoms with van der Waals surface area (Å²) >= 11 is 1.48. The number of nitrogens with two attached hydrogens (primary N) is 1. The Hall–Kier alpha value is -2.02. The third kappa shape index (κ3) is 2.87. The van der Waals surface area contributed by atoms with E-state index in [1.165, 1.54) is 18.9 Å². The van der Waals surface area contributed by atoms with E-state index in [2.05, 4.69) is 10.2 Å². The van der Waals surface area contributed by atoms with Gasteiger partial charge in [0.05, 0.1) is 12.7 Å². The second kappa shape index (κ2) is 5.75. The van der Waals surface area contributed by atoms with E-state index in [9.17, 15) is 4.79 Å². The Labute approximate surface area is 115 Å². The van der Waals surface area contributed by atoms with E-state index >= 15 is 0 Å². The Morgan fingerprint density at radius 2 is 2.32 bits per heavy atom. The van der Waals surface area contributed by atoms with E-state index in [1.54, 1.807) is 12.4 Å². The second-order valence-corrected chi connectivity index (χ2v) is 4.83. The molecule has 0 bridgehead atoms. The summed E-state index contributed by atoms with van der Waals surface area (Å²) in [5.41, 5.74) is 7.49. The van der Waals surface area contributed by atoms with E-state index < -0.39 is 5.97 Å². The van der Waals surface area contributed by atoms with Crippen LogP contribution in [-0.4, -0.2) is 27.8 Å². The summed E-state index contributed by atoms with van der Waals surface area (Å²) in [5, 5.41) is 8.55.